The van der Waals surface area contributed by atoms with Gasteiger partial charge < -0.3 is 10.1 Å². The van der Waals surface area contributed by atoms with E-state index in [1.54, 1.807) is 48.7 Å². The van der Waals surface area contributed by atoms with Crippen molar-refractivity contribution in [2.75, 3.05) is 25.5 Å². The minimum Gasteiger partial charge on any atom is -0.380 e. The first-order valence-corrected chi connectivity index (χ1v) is 11.4. The predicted octanol–water partition coefficient (Wildman–Crippen LogP) is 3.96. The third-order valence-corrected chi connectivity index (χ3v) is 7.20. The number of anilines is 1. The summed E-state index contributed by atoms with van der Waals surface area (Å²) in [6.07, 6.45) is 3.89. The number of nitrogens with zero attached hydrogens (tertiary/aromatic N) is 1. The Morgan fingerprint density at radius 1 is 1.03 bits per heavy atom. The highest BCUT2D eigenvalue weighted by atomic mass is 32.2. The zero-order chi connectivity index (χ0) is 20.9. The van der Waals surface area contributed by atoms with E-state index in [-0.39, 0.29) is 10.8 Å². The number of hydrogen-bond acceptors (Lipinski definition) is 4. The van der Waals surface area contributed by atoms with E-state index >= 15 is 0 Å². The van der Waals surface area contributed by atoms with Gasteiger partial charge in [0.1, 0.15) is 0 Å². The lowest BCUT2D eigenvalue weighted by molar-refractivity contribution is 0.102. The van der Waals surface area contributed by atoms with Crippen LogP contribution in [0.2, 0.25) is 0 Å². The molecule has 0 saturated carbocycles. The molecule has 0 aliphatic carbocycles. The van der Waals surface area contributed by atoms with Crippen LogP contribution in [0.1, 0.15) is 47.2 Å². The summed E-state index contributed by atoms with van der Waals surface area (Å²) in [5.41, 5.74) is 2.62. The number of sulfonamides is 1. The quantitative estimate of drug-likeness (QED) is 0.773. The van der Waals surface area contributed by atoms with Gasteiger partial charge in [0.15, 0.2) is 0 Å². The SMILES string of the molecule is COCc1ccc(C(=O)Nc2ccc(C)c(S(=O)(=O)N3CCCCCC3)c2)cc1. The van der Waals surface area contributed by atoms with Crippen LogP contribution in [0.25, 0.3) is 0 Å². The van der Waals surface area contributed by atoms with Crippen molar-refractivity contribution in [3.8, 4) is 0 Å². The second-order valence-electron chi connectivity index (χ2n) is 7.38. The molecule has 6 nitrogen and oxygen atoms in total. The van der Waals surface area contributed by atoms with Crippen molar-refractivity contribution in [2.24, 2.45) is 0 Å². The van der Waals surface area contributed by atoms with Gasteiger partial charge in [-0.2, -0.15) is 4.31 Å². The molecule has 1 aliphatic heterocycles. The van der Waals surface area contributed by atoms with Gasteiger partial charge in [0.2, 0.25) is 10.0 Å². The molecular weight excluding hydrogens is 388 g/mol. The molecule has 0 spiro atoms. The molecule has 0 aromatic heterocycles. The number of methoxy groups -OCH3 is 1. The van der Waals surface area contributed by atoms with Crippen LogP contribution < -0.4 is 5.32 Å². The van der Waals surface area contributed by atoms with Gasteiger partial charge >= 0.3 is 0 Å². The monoisotopic (exact) mass is 416 g/mol. The Morgan fingerprint density at radius 2 is 1.69 bits per heavy atom. The summed E-state index contributed by atoms with van der Waals surface area (Å²) in [5, 5.41) is 2.81. The smallest absolute Gasteiger partial charge is 0.255 e. The van der Waals surface area contributed by atoms with Crippen LogP contribution in [0.15, 0.2) is 47.4 Å². The largest absolute Gasteiger partial charge is 0.380 e. The number of carbonyl (C=O) groups is 1. The van der Waals surface area contributed by atoms with Gasteiger partial charge in [-0.15, -0.1) is 0 Å². The number of amides is 1. The highest BCUT2D eigenvalue weighted by Crippen LogP contribution is 2.26. The van der Waals surface area contributed by atoms with Crippen LogP contribution in [-0.4, -0.2) is 38.8 Å². The fourth-order valence-electron chi connectivity index (χ4n) is 3.50. The van der Waals surface area contributed by atoms with Crippen LogP contribution in [0.3, 0.4) is 0 Å². The lowest BCUT2D eigenvalue weighted by Gasteiger charge is -2.21. The number of benzene rings is 2. The normalized spacial score (nSPS) is 15.7. The number of hydrogen-bond donors (Lipinski definition) is 1. The molecule has 1 amide bonds. The maximum atomic E-state index is 13.2. The van der Waals surface area contributed by atoms with Crippen molar-refractivity contribution in [3.63, 3.8) is 0 Å². The van der Waals surface area contributed by atoms with E-state index in [1.165, 1.54) is 0 Å². The van der Waals surface area contributed by atoms with E-state index in [2.05, 4.69) is 5.32 Å². The van der Waals surface area contributed by atoms with Crippen molar-refractivity contribution >= 4 is 21.6 Å². The molecule has 0 bridgehead atoms. The van der Waals surface area contributed by atoms with Crippen LogP contribution in [0, 0.1) is 6.92 Å². The summed E-state index contributed by atoms with van der Waals surface area (Å²) in [6.45, 7) is 3.36. The third-order valence-electron chi connectivity index (χ3n) is 5.16. The third kappa shape index (κ3) is 5.23. The number of carbonyl (C=O) groups excluding carboxylic acids is 1. The van der Waals surface area contributed by atoms with Gasteiger partial charge in [-0.1, -0.05) is 31.0 Å². The lowest BCUT2D eigenvalue weighted by atomic mass is 10.1. The number of nitrogens with one attached hydrogen (secondary N) is 1. The Labute approximate surface area is 172 Å². The van der Waals surface area contributed by atoms with Crippen LogP contribution in [0.4, 0.5) is 5.69 Å². The molecule has 1 saturated heterocycles. The molecule has 0 atom stereocenters. The molecule has 2 aromatic rings. The second-order valence-corrected chi connectivity index (χ2v) is 9.29. The number of aryl methyl sites for hydroxylation is 1. The fraction of sp³-hybridized carbons (Fsp3) is 0.409. The fourth-order valence-corrected chi connectivity index (χ4v) is 5.27. The zero-order valence-corrected chi connectivity index (χ0v) is 17.8. The van der Waals surface area contributed by atoms with Crippen molar-refractivity contribution in [3.05, 3.63) is 59.2 Å². The summed E-state index contributed by atoms with van der Waals surface area (Å²) in [4.78, 5) is 12.8. The first kappa shape index (κ1) is 21.5. The molecule has 1 fully saturated rings. The van der Waals surface area contributed by atoms with E-state index < -0.39 is 10.0 Å². The summed E-state index contributed by atoms with van der Waals surface area (Å²) in [5.74, 6) is -0.282. The highest BCUT2D eigenvalue weighted by molar-refractivity contribution is 7.89. The molecule has 3 rings (SSSR count). The molecule has 29 heavy (non-hydrogen) atoms. The number of rotatable bonds is 6. The highest BCUT2D eigenvalue weighted by Gasteiger charge is 2.27. The molecule has 1 aliphatic rings. The maximum absolute atomic E-state index is 13.2. The van der Waals surface area contributed by atoms with Crippen LogP contribution >= 0.6 is 0 Å². The van der Waals surface area contributed by atoms with E-state index in [0.29, 0.717) is 36.5 Å². The Kier molecular flexibility index (Phi) is 7.05. The van der Waals surface area contributed by atoms with Crippen LogP contribution in [-0.2, 0) is 21.4 Å². The van der Waals surface area contributed by atoms with Crippen molar-refractivity contribution < 1.29 is 17.9 Å². The molecule has 1 heterocycles. The lowest BCUT2D eigenvalue weighted by Crippen LogP contribution is -2.32. The average Bonchev–Trinajstić information content (AvgIpc) is 3.00. The molecule has 0 radical (unpaired) electrons. The van der Waals surface area contributed by atoms with Gasteiger partial charge in [-0.3, -0.25) is 4.79 Å². The average molecular weight is 417 g/mol. The topological polar surface area (TPSA) is 75.7 Å². The molecule has 0 unspecified atom stereocenters. The first-order valence-electron chi connectivity index (χ1n) is 9.92. The Balaban J connectivity index is 1.80. The van der Waals surface area contributed by atoms with Crippen molar-refractivity contribution in [1.82, 2.24) is 4.31 Å². The van der Waals surface area contributed by atoms with E-state index in [1.807, 2.05) is 12.1 Å². The maximum Gasteiger partial charge on any atom is 0.255 e. The molecule has 1 N–H and O–H groups in total. The van der Waals surface area contributed by atoms with E-state index in [0.717, 1.165) is 31.2 Å². The minimum atomic E-state index is -3.58. The van der Waals surface area contributed by atoms with Crippen molar-refractivity contribution in [1.29, 1.82) is 0 Å². The number of ether oxygens (including phenoxy) is 1. The summed E-state index contributed by atoms with van der Waals surface area (Å²) in [7, 11) is -1.96. The van der Waals surface area contributed by atoms with E-state index in [9.17, 15) is 13.2 Å². The molecule has 2 aromatic carbocycles. The molecule has 7 heteroatoms. The molecular formula is C22H28N2O4S. The second kappa shape index (κ2) is 9.52. The van der Waals surface area contributed by atoms with Gasteiger partial charge in [-0.05, 0) is 55.2 Å². The summed E-state index contributed by atoms with van der Waals surface area (Å²) in [6, 6.07) is 12.2. The molecule has 156 valence electrons. The van der Waals surface area contributed by atoms with Crippen molar-refractivity contribution in [2.45, 2.75) is 44.1 Å². The Morgan fingerprint density at radius 3 is 2.31 bits per heavy atom. The first-order chi connectivity index (χ1) is 13.9. The van der Waals surface area contributed by atoms with Gasteiger partial charge in [0.25, 0.3) is 5.91 Å². The Bertz CT molecular complexity index is 947. The predicted molar refractivity (Wildman–Crippen MR) is 114 cm³/mol. The van der Waals surface area contributed by atoms with Gasteiger partial charge in [-0.25, -0.2) is 8.42 Å². The Hall–Kier alpha value is -2.22. The van der Waals surface area contributed by atoms with Crippen LogP contribution in [0.5, 0.6) is 0 Å². The van der Waals surface area contributed by atoms with Gasteiger partial charge in [0.05, 0.1) is 11.5 Å². The zero-order valence-electron chi connectivity index (χ0n) is 17.0. The standard InChI is InChI=1S/C22H28N2O4S/c1-17-7-12-20(23-22(25)19-10-8-18(9-11-19)16-28-2)15-21(17)29(26,27)24-13-5-3-4-6-14-24/h7-12,15H,3-6,13-14,16H2,1-2H3,(H,23,25). The summed E-state index contributed by atoms with van der Waals surface area (Å²) < 4.78 is 33.0. The summed E-state index contributed by atoms with van der Waals surface area (Å²) >= 11 is 0. The minimum absolute atomic E-state index is 0.257. The van der Waals surface area contributed by atoms with Gasteiger partial charge in [0, 0.05) is 31.5 Å². The van der Waals surface area contributed by atoms with E-state index in [4.69, 9.17) is 4.74 Å².